The van der Waals surface area contributed by atoms with Gasteiger partial charge in [-0.1, -0.05) is 129 Å². The van der Waals surface area contributed by atoms with Crippen molar-refractivity contribution in [1.29, 1.82) is 0 Å². The van der Waals surface area contributed by atoms with Gasteiger partial charge in [-0.15, -0.1) is 65.2 Å². The molecule has 0 amide bonds. The number of rotatable bonds is 8. The topological polar surface area (TPSA) is 25.8 Å². The third kappa shape index (κ3) is 9.53. The van der Waals surface area contributed by atoms with E-state index in [0.29, 0.717) is 17.0 Å². The Labute approximate surface area is 293 Å². The average molecular weight is 797 g/mol. The molecular weight excluding hydrogens is 753 g/mol. The van der Waals surface area contributed by atoms with E-state index in [4.69, 9.17) is 2.74 Å². The number of hydrogen-bond acceptors (Lipinski definition) is 2. The van der Waals surface area contributed by atoms with Crippen molar-refractivity contribution in [2.45, 2.75) is 46.3 Å². The van der Waals surface area contributed by atoms with Gasteiger partial charge in [0.1, 0.15) is 0 Å². The zero-order valence-electron chi connectivity index (χ0n) is 29.2. The third-order valence-corrected chi connectivity index (χ3v) is 9.51. The molecule has 0 unspecified atom stereocenters. The normalized spacial score (nSPS) is 11.9. The van der Waals surface area contributed by atoms with Gasteiger partial charge in [0.05, 0.1) is 8.07 Å². The Hall–Kier alpha value is -3.95. The van der Waals surface area contributed by atoms with Crippen LogP contribution in [0.2, 0.25) is 19.6 Å². The molecule has 0 N–H and O–H groups in total. The molecule has 0 fully saturated rings. The first-order valence-corrected chi connectivity index (χ1v) is 19.1. The molecule has 0 aliphatic heterocycles. The molecule has 0 atom stereocenters. The Bertz CT molecular complexity index is 1880. The summed E-state index contributed by atoms with van der Waals surface area (Å²) in [5.41, 5.74) is 8.21. The minimum absolute atomic E-state index is 0. The van der Waals surface area contributed by atoms with Crippen LogP contribution in [0.1, 0.15) is 33.3 Å². The second-order valence-electron chi connectivity index (χ2n) is 12.6. The molecule has 1 radical (unpaired) electrons. The molecule has 2 heterocycles. The molecule has 0 aliphatic carbocycles. The summed E-state index contributed by atoms with van der Waals surface area (Å²) in [4.78, 5) is 9.08. The smallest absolute Gasteiger partial charge is 0.0798 e. The van der Waals surface area contributed by atoms with E-state index in [1.807, 2.05) is 109 Å². The molecule has 6 rings (SSSR count). The van der Waals surface area contributed by atoms with E-state index in [0.717, 1.165) is 40.1 Å². The zero-order valence-corrected chi connectivity index (χ0v) is 30.6. The summed E-state index contributed by atoms with van der Waals surface area (Å²) in [5, 5.41) is 1.49. The molecule has 4 heteroatoms. The van der Waals surface area contributed by atoms with Gasteiger partial charge in [-0.3, -0.25) is 0 Å². The molecular formula is C42H42IrN2Si-2. The summed E-state index contributed by atoms with van der Waals surface area (Å²) in [6.07, 6.45) is 3.33. The number of aromatic nitrogens is 2. The molecule has 2 aromatic heterocycles. The standard InChI is InChI=1S/C24H18N.C18H24NSi.Ir/c1-3-9-19(10-4-1)17-22-18-21(24-13-7-8-16-25-24)14-15-23(22)20-11-5-2-6-12-20;1-14(2)11-16-12-17(15-9-7-6-8-10-15)19-13-18(16)20(3,4)5;/h1-13,15-16,18H,17H2;6-9,12-14H,11H2,1-5H3;/q2*-1;/i17D2;;. The maximum absolute atomic E-state index is 8.89. The zero-order chi connectivity index (χ0) is 33.4. The Balaban J connectivity index is 0.000000222. The van der Waals surface area contributed by atoms with Crippen LogP contribution in [0.15, 0.2) is 134 Å². The summed E-state index contributed by atoms with van der Waals surface area (Å²) in [5.74, 6) is 0.667. The monoisotopic (exact) mass is 797 g/mol. The molecule has 0 bridgehead atoms. The SMILES string of the molecule is CC(C)Cc1cc(-c2[c-]cccc2)ncc1[Si](C)(C)C.[2H]C([2H])(c1ccccc1)c1cc(-c2ccccn2)[c-]cc1-c1ccccc1.[Ir]. The van der Waals surface area contributed by atoms with Crippen molar-refractivity contribution in [2.24, 2.45) is 5.92 Å². The van der Waals surface area contributed by atoms with Gasteiger partial charge >= 0.3 is 0 Å². The first-order chi connectivity index (χ1) is 22.5. The van der Waals surface area contributed by atoms with Crippen LogP contribution in [0.3, 0.4) is 0 Å². The molecule has 46 heavy (non-hydrogen) atoms. The van der Waals surface area contributed by atoms with Crippen LogP contribution >= 0.6 is 0 Å². The summed E-state index contributed by atoms with van der Waals surface area (Å²) in [7, 11) is -1.34. The summed E-state index contributed by atoms with van der Waals surface area (Å²) in [6, 6.07) is 45.5. The molecule has 235 valence electrons. The van der Waals surface area contributed by atoms with Crippen LogP contribution in [0.4, 0.5) is 0 Å². The van der Waals surface area contributed by atoms with E-state index in [1.165, 1.54) is 10.8 Å². The van der Waals surface area contributed by atoms with Crippen LogP contribution in [-0.4, -0.2) is 18.0 Å². The van der Waals surface area contributed by atoms with Crippen molar-refractivity contribution in [2.75, 3.05) is 0 Å². The van der Waals surface area contributed by atoms with Gasteiger partial charge < -0.3 is 9.97 Å². The molecule has 6 aromatic rings. The fourth-order valence-corrected chi connectivity index (χ4v) is 6.87. The minimum Gasteiger partial charge on any atom is -0.305 e. The van der Waals surface area contributed by atoms with Gasteiger partial charge in [-0.25, -0.2) is 0 Å². The van der Waals surface area contributed by atoms with E-state index >= 15 is 0 Å². The van der Waals surface area contributed by atoms with Crippen molar-refractivity contribution in [1.82, 2.24) is 9.97 Å². The maximum Gasteiger partial charge on any atom is 0.0798 e. The quantitative estimate of drug-likeness (QED) is 0.113. The summed E-state index contributed by atoms with van der Waals surface area (Å²) < 4.78 is 17.8. The van der Waals surface area contributed by atoms with Gasteiger partial charge in [-0.05, 0) is 46.9 Å². The van der Waals surface area contributed by atoms with Crippen molar-refractivity contribution in [3.8, 4) is 33.6 Å². The van der Waals surface area contributed by atoms with Crippen molar-refractivity contribution < 1.29 is 22.8 Å². The van der Waals surface area contributed by atoms with Gasteiger partial charge in [-0.2, -0.15) is 0 Å². The van der Waals surface area contributed by atoms with E-state index < -0.39 is 14.4 Å². The van der Waals surface area contributed by atoms with Crippen molar-refractivity contribution >= 4 is 13.3 Å². The van der Waals surface area contributed by atoms with Crippen LogP contribution in [0, 0.1) is 18.1 Å². The Morgan fingerprint density at radius 3 is 2.04 bits per heavy atom. The van der Waals surface area contributed by atoms with E-state index in [9.17, 15) is 0 Å². The Morgan fingerprint density at radius 1 is 0.717 bits per heavy atom. The van der Waals surface area contributed by atoms with E-state index in [1.54, 1.807) is 6.20 Å². The van der Waals surface area contributed by atoms with Crippen molar-refractivity contribution in [3.05, 3.63) is 163 Å². The Morgan fingerprint density at radius 2 is 1.41 bits per heavy atom. The Kier molecular flexibility index (Phi) is 11.5. The number of hydrogen-bond donors (Lipinski definition) is 0. The average Bonchev–Trinajstić information content (AvgIpc) is 3.09. The predicted octanol–water partition coefficient (Wildman–Crippen LogP) is 10.1. The second-order valence-corrected chi connectivity index (χ2v) is 17.6. The second kappa shape index (κ2) is 16.6. The van der Waals surface area contributed by atoms with E-state index in [-0.39, 0.29) is 20.1 Å². The predicted molar refractivity (Wildman–Crippen MR) is 193 cm³/mol. The largest absolute Gasteiger partial charge is 0.305 e. The van der Waals surface area contributed by atoms with Crippen molar-refractivity contribution in [3.63, 3.8) is 0 Å². The van der Waals surface area contributed by atoms with Crippen LogP contribution in [0.25, 0.3) is 33.6 Å². The molecule has 0 aliphatic rings. The molecule has 4 aromatic carbocycles. The van der Waals surface area contributed by atoms with Gasteiger partial charge in [0.15, 0.2) is 0 Å². The van der Waals surface area contributed by atoms with Crippen LogP contribution in [0.5, 0.6) is 0 Å². The first kappa shape index (κ1) is 32.0. The van der Waals surface area contributed by atoms with Crippen LogP contribution < -0.4 is 5.19 Å². The van der Waals surface area contributed by atoms with Gasteiger partial charge in [0.2, 0.25) is 0 Å². The fourth-order valence-electron chi connectivity index (χ4n) is 5.28. The molecule has 2 nitrogen and oxygen atoms in total. The van der Waals surface area contributed by atoms with Crippen LogP contribution in [-0.2, 0) is 32.9 Å². The minimum atomic E-state index is -1.65. The molecule has 0 saturated heterocycles. The van der Waals surface area contributed by atoms with E-state index in [2.05, 4.69) is 73.9 Å². The molecule has 0 saturated carbocycles. The number of nitrogens with zero attached hydrogens (tertiary/aromatic N) is 2. The summed E-state index contributed by atoms with van der Waals surface area (Å²) >= 11 is 0. The fraction of sp³-hybridized carbons (Fsp3) is 0.190. The number of pyridine rings is 2. The first-order valence-electron chi connectivity index (χ1n) is 16.6. The van der Waals surface area contributed by atoms with Gasteiger partial charge in [0, 0.05) is 35.2 Å². The molecule has 0 spiro atoms. The summed E-state index contributed by atoms with van der Waals surface area (Å²) in [6.45, 7) is 11.7. The number of benzene rings is 4. The van der Waals surface area contributed by atoms with Gasteiger partial charge in [0.25, 0.3) is 0 Å². The maximum atomic E-state index is 8.89. The third-order valence-electron chi connectivity index (χ3n) is 7.44.